The van der Waals surface area contributed by atoms with Gasteiger partial charge in [-0.25, -0.2) is 0 Å². The topological polar surface area (TPSA) is 32.3 Å². The van der Waals surface area contributed by atoms with Crippen LogP contribution in [0.15, 0.2) is 0 Å². The van der Waals surface area contributed by atoms with Crippen LogP contribution >= 0.6 is 0 Å². The molecular formula is C14H28N2O. The molecular weight excluding hydrogens is 212 g/mol. The molecule has 1 aliphatic rings. The summed E-state index contributed by atoms with van der Waals surface area (Å²) in [7, 11) is 0. The lowest BCUT2D eigenvalue weighted by Gasteiger charge is -2.39. The van der Waals surface area contributed by atoms with Crippen molar-refractivity contribution in [2.75, 3.05) is 13.1 Å². The van der Waals surface area contributed by atoms with Crippen molar-refractivity contribution in [1.29, 1.82) is 0 Å². The Morgan fingerprint density at radius 3 is 2.41 bits per heavy atom. The second kappa shape index (κ2) is 7.00. The Bertz CT molecular complexity index is 230. The van der Waals surface area contributed by atoms with Gasteiger partial charge in [0, 0.05) is 31.1 Å². The van der Waals surface area contributed by atoms with Crippen LogP contribution in [0.2, 0.25) is 0 Å². The largest absolute Gasteiger partial charge is 0.356 e. The number of nitrogens with one attached hydrogen (secondary N) is 1. The van der Waals surface area contributed by atoms with Gasteiger partial charge in [0.05, 0.1) is 0 Å². The van der Waals surface area contributed by atoms with E-state index in [-0.39, 0.29) is 11.8 Å². The molecule has 3 heteroatoms. The molecule has 17 heavy (non-hydrogen) atoms. The predicted molar refractivity (Wildman–Crippen MR) is 71.9 cm³/mol. The van der Waals surface area contributed by atoms with Gasteiger partial charge in [-0.2, -0.15) is 0 Å². The molecule has 0 radical (unpaired) electrons. The lowest BCUT2D eigenvalue weighted by Crippen LogP contribution is -2.44. The maximum atomic E-state index is 11.4. The second-order valence-electron chi connectivity index (χ2n) is 5.67. The molecule has 0 saturated carbocycles. The van der Waals surface area contributed by atoms with E-state index in [9.17, 15) is 4.79 Å². The van der Waals surface area contributed by atoms with Gasteiger partial charge in [0.2, 0.25) is 5.91 Å². The molecule has 1 rings (SSSR count). The minimum atomic E-state index is 0.0998. The van der Waals surface area contributed by atoms with Crippen molar-refractivity contribution >= 4 is 5.91 Å². The van der Waals surface area contributed by atoms with Gasteiger partial charge in [-0.15, -0.1) is 0 Å². The summed E-state index contributed by atoms with van der Waals surface area (Å²) >= 11 is 0. The third-order valence-corrected chi connectivity index (χ3v) is 3.79. The van der Waals surface area contributed by atoms with Gasteiger partial charge in [0.1, 0.15) is 0 Å². The van der Waals surface area contributed by atoms with E-state index in [4.69, 9.17) is 0 Å². The van der Waals surface area contributed by atoms with Crippen molar-refractivity contribution in [2.24, 2.45) is 5.92 Å². The minimum absolute atomic E-state index is 0.0998. The highest BCUT2D eigenvalue weighted by Gasteiger charge is 2.23. The van der Waals surface area contributed by atoms with E-state index in [0.717, 1.165) is 19.5 Å². The normalized spacial score (nSPS) is 26.2. The predicted octanol–water partition coefficient (Wildman–Crippen LogP) is 2.41. The zero-order valence-electron chi connectivity index (χ0n) is 11.8. The fourth-order valence-electron chi connectivity index (χ4n) is 2.59. The number of piperidine rings is 1. The van der Waals surface area contributed by atoms with Crippen LogP contribution in [0.3, 0.4) is 0 Å². The van der Waals surface area contributed by atoms with Crippen molar-refractivity contribution in [3.8, 4) is 0 Å². The van der Waals surface area contributed by atoms with Crippen LogP contribution in [0.5, 0.6) is 0 Å². The van der Waals surface area contributed by atoms with Gasteiger partial charge in [0.25, 0.3) is 0 Å². The summed E-state index contributed by atoms with van der Waals surface area (Å²) < 4.78 is 0. The molecule has 0 aromatic carbocycles. The van der Waals surface area contributed by atoms with Crippen LogP contribution in [0.25, 0.3) is 0 Å². The first-order valence-electron chi connectivity index (χ1n) is 7.05. The quantitative estimate of drug-likeness (QED) is 0.749. The van der Waals surface area contributed by atoms with Gasteiger partial charge in [-0.1, -0.05) is 20.3 Å². The second-order valence-corrected chi connectivity index (χ2v) is 5.67. The van der Waals surface area contributed by atoms with Crippen molar-refractivity contribution in [3.05, 3.63) is 0 Å². The Balaban J connectivity index is 2.19. The first kappa shape index (κ1) is 14.5. The summed E-state index contributed by atoms with van der Waals surface area (Å²) in [5.74, 6) is 0.271. The molecule has 1 N–H and O–H groups in total. The Labute approximate surface area is 106 Å². The van der Waals surface area contributed by atoms with Gasteiger partial charge < -0.3 is 5.32 Å². The minimum Gasteiger partial charge on any atom is -0.356 e. The molecule has 1 saturated heterocycles. The molecule has 0 aromatic rings. The first-order chi connectivity index (χ1) is 8.02. The molecule has 100 valence electrons. The molecule has 1 heterocycles. The average Bonchev–Trinajstić information content (AvgIpc) is 2.27. The number of carbonyl (C=O) groups excluding carboxylic acids is 1. The van der Waals surface area contributed by atoms with Crippen molar-refractivity contribution < 1.29 is 4.79 Å². The molecule has 0 bridgehead atoms. The summed E-state index contributed by atoms with van der Waals surface area (Å²) in [6.45, 7) is 10.4. The maximum absolute atomic E-state index is 11.4. The SMILES string of the molecule is CC(C)C(=O)NCCCN1C(C)CCCC1C. The molecule has 0 aliphatic carbocycles. The molecule has 2 unspecified atom stereocenters. The Kier molecular flexibility index (Phi) is 5.96. The standard InChI is InChI=1S/C14H28N2O/c1-11(2)14(17)15-9-6-10-16-12(3)7-5-8-13(16)4/h11-13H,5-10H2,1-4H3,(H,15,17). The third kappa shape index (κ3) is 4.66. The number of carbonyl (C=O) groups is 1. The van der Waals surface area contributed by atoms with E-state index in [1.165, 1.54) is 19.3 Å². The van der Waals surface area contributed by atoms with Gasteiger partial charge in [-0.05, 0) is 33.1 Å². The van der Waals surface area contributed by atoms with Crippen molar-refractivity contribution in [2.45, 2.75) is 65.5 Å². The number of hydrogen-bond acceptors (Lipinski definition) is 2. The zero-order chi connectivity index (χ0) is 12.8. The van der Waals surface area contributed by atoms with E-state index >= 15 is 0 Å². The van der Waals surface area contributed by atoms with Crippen LogP contribution in [-0.2, 0) is 4.79 Å². The average molecular weight is 240 g/mol. The number of nitrogens with zero attached hydrogens (tertiary/aromatic N) is 1. The summed E-state index contributed by atoms with van der Waals surface area (Å²) in [6.07, 6.45) is 5.07. The van der Waals surface area contributed by atoms with Crippen molar-refractivity contribution in [1.82, 2.24) is 10.2 Å². The summed E-state index contributed by atoms with van der Waals surface area (Å²) in [5.41, 5.74) is 0. The summed E-state index contributed by atoms with van der Waals surface area (Å²) in [5, 5.41) is 2.99. The zero-order valence-corrected chi connectivity index (χ0v) is 11.8. The molecule has 1 amide bonds. The summed E-state index contributed by atoms with van der Waals surface area (Å²) in [6, 6.07) is 1.42. The number of hydrogen-bond donors (Lipinski definition) is 1. The monoisotopic (exact) mass is 240 g/mol. The van der Waals surface area contributed by atoms with Crippen molar-refractivity contribution in [3.63, 3.8) is 0 Å². The van der Waals surface area contributed by atoms with Gasteiger partial charge in [0.15, 0.2) is 0 Å². The number of rotatable bonds is 5. The van der Waals surface area contributed by atoms with Crippen LogP contribution in [0.1, 0.15) is 53.4 Å². The maximum Gasteiger partial charge on any atom is 0.222 e. The third-order valence-electron chi connectivity index (χ3n) is 3.79. The Morgan fingerprint density at radius 2 is 1.88 bits per heavy atom. The number of likely N-dealkylation sites (tertiary alicyclic amines) is 1. The lowest BCUT2D eigenvalue weighted by atomic mass is 9.97. The van der Waals surface area contributed by atoms with E-state index in [1.807, 2.05) is 13.8 Å². The molecule has 1 fully saturated rings. The molecule has 0 aromatic heterocycles. The van der Waals surface area contributed by atoms with Crippen LogP contribution in [0, 0.1) is 5.92 Å². The highest BCUT2D eigenvalue weighted by molar-refractivity contribution is 5.77. The van der Waals surface area contributed by atoms with Crippen LogP contribution in [0.4, 0.5) is 0 Å². The highest BCUT2D eigenvalue weighted by Crippen LogP contribution is 2.22. The van der Waals surface area contributed by atoms with Gasteiger partial charge in [-0.3, -0.25) is 9.69 Å². The molecule has 3 nitrogen and oxygen atoms in total. The fourth-order valence-corrected chi connectivity index (χ4v) is 2.59. The Morgan fingerprint density at radius 1 is 1.29 bits per heavy atom. The number of amides is 1. The van der Waals surface area contributed by atoms with E-state index in [2.05, 4.69) is 24.1 Å². The highest BCUT2D eigenvalue weighted by atomic mass is 16.1. The van der Waals surface area contributed by atoms with Crippen LogP contribution in [-0.4, -0.2) is 36.0 Å². The van der Waals surface area contributed by atoms with E-state index in [1.54, 1.807) is 0 Å². The fraction of sp³-hybridized carbons (Fsp3) is 0.929. The van der Waals surface area contributed by atoms with Gasteiger partial charge >= 0.3 is 0 Å². The smallest absolute Gasteiger partial charge is 0.222 e. The Hall–Kier alpha value is -0.570. The van der Waals surface area contributed by atoms with Crippen LogP contribution < -0.4 is 5.32 Å². The van der Waals surface area contributed by atoms with E-state index in [0.29, 0.717) is 12.1 Å². The first-order valence-corrected chi connectivity index (χ1v) is 7.05. The molecule has 0 spiro atoms. The lowest BCUT2D eigenvalue weighted by molar-refractivity contribution is -0.123. The summed E-state index contributed by atoms with van der Waals surface area (Å²) in [4.78, 5) is 14.0. The van der Waals surface area contributed by atoms with E-state index < -0.39 is 0 Å². The molecule has 1 aliphatic heterocycles. The molecule has 2 atom stereocenters.